The minimum Gasteiger partial charge on any atom is -0.480 e. The van der Waals surface area contributed by atoms with Gasteiger partial charge in [0.2, 0.25) is 0 Å². The molecule has 2 saturated heterocycles. The molecule has 0 amide bonds. The fourth-order valence-corrected chi connectivity index (χ4v) is 2.63. The van der Waals surface area contributed by atoms with Crippen molar-refractivity contribution < 1.29 is 14.7 Å². The van der Waals surface area contributed by atoms with Crippen LogP contribution < -0.4 is 5.48 Å². The molecule has 5 nitrogen and oxygen atoms in total. The van der Waals surface area contributed by atoms with Crippen LogP contribution in [0.4, 0.5) is 0 Å². The SMILES string of the molecule is O=C(O)CN1CCCCC1CC1CCNO1. The number of hydroxylamine groups is 1. The first-order valence-electron chi connectivity index (χ1n) is 6.10. The lowest BCUT2D eigenvalue weighted by atomic mass is 9.96. The van der Waals surface area contributed by atoms with Crippen molar-refractivity contribution in [1.29, 1.82) is 0 Å². The lowest BCUT2D eigenvalue weighted by Crippen LogP contribution is -2.44. The van der Waals surface area contributed by atoms with E-state index in [2.05, 4.69) is 10.4 Å². The van der Waals surface area contributed by atoms with Crippen LogP contribution in [0.1, 0.15) is 32.1 Å². The first-order chi connectivity index (χ1) is 7.75. The molecule has 2 aliphatic heterocycles. The van der Waals surface area contributed by atoms with E-state index < -0.39 is 5.97 Å². The minimum atomic E-state index is -0.725. The number of aliphatic carboxylic acids is 1. The van der Waals surface area contributed by atoms with Gasteiger partial charge in [0.15, 0.2) is 0 Å². The van der Waals surface area contributed by atoms with Crippen molar-refractivity contribution in [3.8, 4) is 0 Å². The van der Waals surface area contributed by atoms with Gasteiger partial charge in [-0.2, -0.15) is 0 Å². The number of carboxylic acids is 1. The molecule has 2 N–H and O–H groups in total. The molecule has 0 spiro atoms. The van der Waals surface area contributed by atoms with Crippen molar-refractivity contribution in [2.75, 3.05) is 19.6 Å². The molecule has 2 fully saturated rings. The number of hydrogen-bond acceptors (Lipinski definition) is 4. The molecule has 0 aliphatic carbocycles. The highest BCUT2D eigenvalue weighted by molar-refractivity contribution is 5.69. The van der Waals surface area contributed by atoms with E-state index in [1.807, 2.05) is 0 Å². The Balaban J connectivity index is 1.85. The largest absolute Gasteiger partial charge is 0.480 e. The van der Waals surface area contributed by atoms with E-state index in [0.29, 0.717) is 6.04 Å². The summed E-state index contributed by atoms with van der Waals surface area (Å²) in [7, 11) is 0. The third-order valence-corrected chi connectivity index (χ3v) is 3.44. The lowest BCUT2D eigenvalue weighted by molar-refractivity contribution is -0.139. The van der Waals surface area contributed by atoms with Crippen molar-refractivity contribution >= 4 is 5.97 Å². The van der Waals surface area contributed by atoms with Crippen LogP contribution in [0.5, 0.6) is 0 Å². The van der Waals surface area contributed by atoms with Crippen molar-refractivity contribution in [2.45, 2.75) is 44.2 Å². The van der Waals surface area contributed by atoms with Crippen LogP contribution in [0, 0.1) is 0 Å². The van der Waals surface area contributed by atoms with E-state index in [1.54, 1.807) is 0 Å². The van der Waals surface area contributed by atoms with Gasteiger partial charge in [-0.25, -0.2) is 5.48 Å². The zero-order valence-corrected chi connectivity index (χ0v) is 9.52. The number of carboxylic acid groups (broad SMARTS) is 1. The average Bonchev–Trinajstić information content (AvgIpc) is 2.73. The number of nitrogens with one attached hydrogen (secondary N) is 1. The number of rotatable bonds is 4. The molecule has 5 heteroatoms. The summed E-state index contributed by atoms with van der Waals surface area (Å²) < 4.78 is 0. The van der Waals surface area contributed by atoms with Gasteiger partial charge in [-0.15, -0.1) is 0 Å². The normalized spacial score (nSPS) is 31.8. The van der Waals surface area contributed by atoms with Gasteiger partial charge < -0.3 is 5.11 Å². The highest BCUT2D eigenvalue weighted by Gasteiger charge is 2.28. The number of nitrogens with zero attached hydrogens (tertiary/aromatic N) is 1. The average molecular weight is 228 g/mol. The molecule has 0 aromatic carbocycles. The predicted octanol–water partition coefficient (Wildman–Crippen LogP) is 0.609. The van der Waals surface area contributed by atoms with E-state index in [-0.39, 0.29) is 12.6 Å². The molecular formula is C11H20N2O3. The fourth-order valence-electron chi connectivity index (χ4n) is 2.63. The molecule has 0 bridgehead atoms. The standard InChI is InChI=1S/C11H20N2O3/c14-11(15)8-13-6-2-1-3-9(13)7-10-4-5-12-16-10/h9-10,12H,1-8H2,(H,14,15). The number of likely N-dealkylation sites (tertiary alicyclic amines) is 1. The van der Waals surface area contributed by atoms with Gasteiger partial charge in [-0.3, -0.25) is 14.5 Å². The summed E-state index contributed by atoms with van der Waals surface area (Å²) in [5, 5.41) is 8.86. The molecule has 16 heavy (non-hydrogen) atoms. The molecule has 2 heterocycles. The first kappa shape index (κ1) is 11.8. The molecule has 0 saturated carbocycles. The third-order valence-electron chi connectivity index (χ3n) is 3.44. The second-order valence-electron chi connectivity index (χ2n) is 4.67. The van der Waals surface area contributed by atoms with Crippen LogP contribution in [-0.4, -0.2) is 47.8 Å². The Morgan fingerprint density at radius 2 is 2.31 bits per heavy atom. The molecule has 0 aromatic rings. The van der Waals surface area contributed by atoms with Crippen LogP contribution in [0.15, 0.2) is 0 Å². The molecule has 2 atom stereocenters. The van der Waals surface area contributed by atoms with Crippen LogP contribution in [0.3, 0.4) is 0 Å². The summed E-state index contributed by atoms with van der Waals surface area (Å²) in [6.45, 7) is 2.00. The molecular weight excluding hydrogens is 208 g/mol. The Labute approximate surface area is 95.7 Å². The Kier molecular flexibility index (Phi) is 4.15. The van der Waals surface area contributed by atoms with Crippen LogP contribution in [0.25, 0.3) is 0 Å². The molecule has 92 valence electrons. The number of piperidine rings is 1. The zero-order valence-electron chi connectivity index (χ0n) is 9.52. The second kappa shape index (κ2) is 5.61. The highest BCUT2D eigenvalue weighted by atomic mass is 16.7. The van der Waals surface area contributed by atoms with E-state index in [0.717, 1.165) is 38.8 Å². The maximum absolute atomic E-state index is 10.8. The van der Waals surface area contributed by atoms with Crippen molar-refractivity contribution in [1.82, 2.24) is 10.4 Å². The Morgan fingerprint density at radius 3 is 3.00 bits per heavy atom. The van der Waals surface area contributed by atoms with E-state index in [1.165, 1.54) is 6.42 Å². The number of carbonyl (C=O) groups is 1. The summed E-state index contributed by atoms with van der Waals surface area (Å²) >= 11 is 0. The topological polar surface area (TPSA) is 61.8 Å². The zero-order chi connectivity index (χ0) is 11.4. The van der Waals surface area contributed by atoms with Crippen LogP contribution in [-0.2, 0) is 9.63 Å². The van der Waals surface area contributed by atoms with Gasteiger partial charge in [-0.05, 0) is 32.2 Å². The highest BCUT2D eigenvalue weighted by Crippen LogP contribution is 2.23. The summed E-state index contributed by atoms with van der Waals surface area (Å²) in [6, 6.07) is 0.384. The molecule has 0 aromatic heterocycles. The van der Waals surface area contributed by atoms with Crippen LogP contribution in [0.2, 0.25) is 0 Å². The Bertz CT molecular complexity index is 241. The predicted molar refractivity (Wildman–Crippen MR) is 59.0 cm³/mol. The summed E-state index contributed by atoms with van der Waals surface area (Å²) in [5.74, 6) is -0.725. The van der Waals surface area contributed by atoms with E-state index in [9.17, 15) is 4.79 Å². The van der Waals surface area contributed by atoms with E-state index >= 15 is 0 Å². The molecule has 2 unspecified atom stereocenters. The van der Waals surface area contributed by atoms with E-state index in [4.69, 9.17) is 9.94 Å². The van der Waals surface area contributed by atoms with Crippen molar-refractivity contribution in [3.63, 3.8) is 0 Å². The van der Waals surface area contributed by atoms with Gasteiger partial charge in [0.1, 0.15) is 0 Å². The molecule has 2 aliphatic rings. The maximum atomic E-state index is 10.8. The fraction of sp³-hybridized carbons (Fsp3) is 0.909. The summed E-state index contributed by atoms with van der Waals surface area (Å²) in [6.07, 6.45) is 5.69. The lowest BCUT2D eigenvalue weighted by Gasteiger charge is -2.35. The first-order valence-corrected chi connectivity index (χ1v) is 6.10. The van der Waals surface area contributed by atoms with Gasteiger partial charge in [0.05, 0.1) is 12.6 Å². The number of hydrogen-bond donors (Lipinski definition) is 2. The van der Waals surface area contributed by atoms with Gasteiger partial charge in [0.25, 0.3) is 0 Å². The summed E-state index contributed by atoms with van der Waals surface area (Å²) in [4.78, 5) is 18.2. The molecule has 0 radical (unpaired) electrons. The monoisotopic (exact) mass is 228 g/mol. The Hall–Kier alpha value is -0.650. The van der Waals surface area contributed by atoms with Crippen molar-refractivity contribution in [3.05, 3.63) is 0 Å². The minimum absolute atomic E-state index is 0.171. The van der Waals surface area contributed by atoms with Gasteiger partial charge in [-0.1, -0.05) is 6.42 Å². The second-order valence-corrected chi connectivity index (χ2v) is 4.67. The van der Waals surface area contributed by atoms with Crippen molar-refractivity contribution in [2.24, 2.45) is 0 Å². The van der Waals surface area contributed by atoms with Gasteiger partial charge >= 0.3 is 5.97 Å². The maximum Gasteiger partial charge on any atom is 0.317 e. The quantitative estimate of drug-likeness (QED) is 0.738. The summed E-state index contributed by atoms with van der Waals surface area (Å²) in [5.41, 5.74) is 2.88. The Morgan fingerprint density at radius 1 is 1.44 bits per heavy atom. The van der Waals surface area contributed by atoms with Gasteiger partial charge in [0, 0.05) is 12.6 Å². The molecule has 2 rings (SSSR count). The van der Waals surface area contributed by atoms with Crippen LogP contribution >= 0.6 is 0 Å². The third kappa shape index (κ3) is 3.17. The smallest absolute Gasteiger partial charge is 0.317 e.